The lowest BCUT2D eigenvalue weighted by molar-refractivity contribution is -0.684. The van der Waals surface area contributed by atoms with Gasteiger partial charge in [-0.3, -0.25) is 38.1 Å². The number of Topliss-reactive ketones (excluding diaryl/α,β-unsaturated/α-hetero) is 1. The largest absolute Gasteiger partial charge is 0.477 e. The van der Waals surface area contributed by atoms with Crippen LogP contribution >= 0.6 is 23.1 Å². The molecule has 9 heterocycles. The average Bonchev–Trinajstić information content (AvgIpc) is 4.15. The van der Waals surface area contributed by atoms with E-state index in [1.807, 2.05) is 25.8 Å². The summed E-state index contributed by atoms with van der Waals surface area (Å²) >= 11 is 2.66. The van der Waals surface area contributed by atoms with Gasteiger partial charge in [-0.25, -0.2) is 19.6 Å². The fourth-order valence-corrected chi connectivity index (χ4v) is 13.8. The van der Waals surface area contributed by atoms with Gasteiger partial charge in [0.05, 0.1) is 52.6 Å². The van der Waals surface area contributed by atoms with E-state index in [4.69, 9.17) is 11.5 Å². The minimum Gasteiger partial charge on any atom is -0.477 e. The number of carbonyl (C=O) groups excluding carboxylic acids is 6. The zero-order chi connectivity index (χ0) is 52.4. The number of aliphatic imine (C=N–C) groups is 1. The third-order valence-corrected chi connectivity index (χ3v) is 16.9. The second kappa shape index (κ2) is 20.2. The lowest BCUT2D eigenvalue weighted by Crippen LogP contribution is -2.63. The molecule has 9 rings (SSSR count). The molecule has 6 aliphatic rings. The Morgan fingerprint density at radius 3 is 2.22 bits per heavy atom. The highest BCUT2D eigenvalue weighted by atomic mass is 32.2. The van der Waals surface area contributed by atoms with Crippen LogP contribution in [0.2, 0.25) is 0 Å². The van der Waals surface area contributed by atoms with Gasteiger partial charge in [-0.1, -0.05) is 13.8 Å². The molecule has 3 aromatic rings. The summed E-state index contributed by atoms with van der Waals surface area (Å²) in [7, 11) is 1.87. The number of thiazole rings is 1. The number of aliphatic carboxylic acids is 2. The number of amides is 4. The van der Waals surface area contributed by atoms with Crippen molar-refractivity contribution in [1.29, 1.82) is 0 Å². The number of guanidine groups is 1. The highest BCUT2D eigenvalue weighted by Gasteiger charge is 2.61. The Hall–Kier alpha value is -6.54. The minimum absolute atomic E-state index is 0.000632. The topological polar surface area (TPSA) is 328 Å². The molecule has 0 bridgehead atoms. The Morgan fingerprint density at radius 1 is 0.972 bits per heavy atom. The van der Waals surface area contributed by atoms with E-state index in [1.165, 1.54) is 53.1 Å². The molecule has 0 aliphatic carbocycles. The van der Waals surface area contributed by atoms with Gasteiger partial charge >= 0.3 is 11.9 Å². The molecule has 25 heteroatoms. The molecule has 384 valence electrons. The number of hydrogen-bond acceptors (Lipinski definition) is 15. The van der Waals surface area contributed by atoms with Crippen LogP contribution in [0.1, 0.15) is 68.4 Å². The van der Waals surface area contributed by atoms with E-state index in [0.29, 0.717) is 58.2 Å². The number of hydrogen-bond donors (Lipinski definition) is 7. The number of nitrogens with one attached hydrogen (secondary N) is 1. The Bertz CT molecular complexity index is 2870. The van der Waals surface area contributed by atoms with Crippen LogP contribution in [-0.2, 0) is 40.1 Å². The van der Waals surface area contributed by atoms with Gasteiger partial charge in [0, 0.05) is 72.4 Å². The van der Waals surface area contributed by atoms with Gasteiger partial charge in [0.1, 0.15) is 34.8 Å². The summed E-state index contributed by atoms with van der Waals surface area (Å²) < 4.78 is 3.30. The summed E-state index contributed by atoms with van der Waals surface area (Å²) in [6, 6.07) is 2.02. The lowest BCUT2D eigenvalue weighted by Gasteiger charge is -2.46. The quantitative estimate of drug-likeness (QED) is 0.0319. The van der Waals surface area contributed by atoms with E-state index in [2.05, 4.69) is 15.3 Å². The molecule has 72 heavy (non-hydrogen) atoms. The zero-order valence-electron chi connectivity index (χ0n) is 40.4. The molecule has 4 saturated heterocycles. The summed E-state index contributed by atoms with van der Waals surface area (Å²) in [5, 5.41) is 42.7. The van der Waals surface area contributed by atoms with Gasteiger partial charge in [-0.05, 0) is 39.8 Å². The van der Waals surface area contributed by atoms with Crippen molar-refractivity contribution in [1.82, 2.24) is 34.3 Å². The third-order valence-electron chi connectivity index (χ3n) is 14.3. The number of ketones is 2. The molecular weight excluding hydrogens is 975 g/mol. The number of rotatable bonds is 15. The van der Waals surface area contributed by atoms with Crippen LogP contribution in [0.25, 0.3) is 10.4 Å². The first-order valence-electron chi connectivity index (χ1n) is 23.5. The summed E-state index contributed by atoms with van der Waals surface area (Å²) in [5.74, 6) is -5.75. The molecule has 9 N–H and O–H groups in total. The molecule has 6 aliphatic heterocycles. The van der Waals surface area contributed by atoms with E-state index in [-0.39, 0.29) is 101 Å². The summed E-state index contributed by atoms with van der Waals surface area (Å²) in [4.78, 5) is 116. The molecule has 3 aromatic heterocycles. The predicted octanol–water partition coefficient (Wildman–Crippen LogP) is -0.907. The fraction of sp³-hybridized carbons (Fsp3) is 0.511. The monoisotopic (exact) mass is 1030 g/mol. The third kappa shape index (κ3) is 9.38. The summed E-state index contributed by atoms with van der Waals surface area (Å²) in [6.07, 6.45) is 5.95. The van der Waals surface area contributed by atoms with Gasteiger partial charge in [0.2, 0.25) is 36.0 Å². The summed E-state index contributed by atoms with van der Waals surface area (Å²) in [5.41, 5.74) is 11.5. The van der Waals surface area contributed by atoms with Crippen LogP contribution in [0.5, 0.6) is 0 Å². The van der Waals surface area contributed by atoms with E-state index >= 15 is 0 Å². The van der Waals surface area contributed by atoms with Crippen molar-refractivity contribution in [3.8, 4) is 0 Å². The SMILES string of the molecule is CC(=O)C[n+]1cccc(C(=O)c2ncn3cc(C4=C(C(=O)O)N5C(=O)[C@H]([C@@H](C)O)[C@H]5[C@H]4C)sc23)c1.C[C@@H](O)[C@H]1C(=O)N2C(C(=O)O)=C(S[C@H]3C[C@@H](C(=O)N4CC[C@H](NC(=O)CN=C(N)N)C4)N(C)C3)[C@H](C)[C@H]12. The van der Waals surface area contributed by atoms with Crippen LogP contribution in [0.3, 0.4) is 0 Å². The number of likely N-dealkylation sites (tertiary alicyclic amines) is 2. The molecule has 0 spiro atoms. The Kier molecular flexibility index (Phi) is 14.5. The van der Waals surface area contributed by atoms with Gasteiger partial charge < -0.3 is 51.9 Å². The number of carbonyl (C=O) groups is 8. The van der Waals surface area contributed by atoms with Gasteiger partial charge in [0.15, 0.2) is 24.1 Å². The molecule has 0 radical (unpaired) electrons. The molecular formula is C47H58N11O12S2+. The standard InChI is InChI=1S/C24H22N4O6S.C23H35N7O6S/c1-11(29)7-26-6-4-5-14(8-26)21(31)18-23-27(10-25-18)9-15(35-23)16-12(2)19-17(13(3)30)22(32)28(19)20(16)24(33)34;1-10-17-16(11(2)31)21(34)30(17)18(22(35)36)19(10)37-13-6-14(28(3)9-13)20(33)29-5-4-12(8-29)27-15(32)7-26-23(24)25/h4-6,8-10,12-13,17,19,30H,7H2,1-3H3;10-14,16-17,31H,4-9H2,1-3H3,(H,27,32)(H,35,36)(H4,24,25,26)/p+1/t12-,13+,17+,19+;10-,11-,12+,13+,14+,16-,17-/m01/s1. The number of pyridine rings is 1. The van der Waals surface area contributed by atoms with Crippen LogP contribution in [0, 0.1) is 23.7 Å². The molecule has 0 aromatic carbocycles. The van der Waals surface area contributed by atoms with Crippen LogP contribution in [0.15, 0.2) is 58.3 Å². The molecule has 0 unspecified atom stereocenters. The number of fused-ring (bicyclic) bond motifs is 3. The van der Waals surface area contributed by atoms with Gasteiger partial charge in [0.25, 0.3) is 0 Å². The molecule has 11 atom stereocenters. The van der Waals surface area contributed by atoms with Crippen molar-refractivity contribution in [2.75, 3.05) is 33.2 Å². The maximum atomic E-state index is 13.3. The number of imidazole rings is 1. The van der Waals surface area contributed by atoms with E-state index in [0.717, 1.165) is 0 Å². The summed E-state index contributed by atoms with van der Waals surface area (Å²) in [6.45, 7) is 9.81. The number of aliphatic hydroxyl groups excluding tert-OH is 2. The number of β-lactam (4-membered cyclic amide) rings is 2. The van der Waals surface area contributed by atoms with E-state index in [1.54, 1.807) is 51.5 Å². The number of nitrogens with zero attached hydrogens (tertiary/aromatic N) is 8. The second-order valence-electron chi connectivity index (χ2n) is 19.3. The van der Waals surface area contributed by atoms with Crippen molar-refractivity contribution in [3.05, 3.63) is 69.5 Å². The van der Waals surface area contributed by atoms with Crippen LogP contribution < -0.4 is 21.4 Å². The lowest BCUT2D eigenvalue weighted by atomic mass is 9.77. The molecule has 4 amide bonds. The highest BCUT2D eigenvalue weighted by Crippen LogP contribution is 2.53. The Balaban J connectivity index is 0.000000193. The maximum absolute atomic E-state index is 13.3. The number of carboxylic acids is 2. The molecule has 23 nitrogen and oxygen atoms in total. The van der Waals surface area contributed by atoms with Crippen molar-refractivity contribution in [2.24, 2.45) is 40.1 Å². The van der Waals surface area contributed by atoms with Crippen molar-refractivity contribution >= 4 is 86.6 Å². The number of thioether (sulfide) groups is 1. The average molecular weight is 1030 g/mol. The Morgan fingerprint density at radius 2 is 1.61 bits per heavy atom. The van der Waals surface area contributed by atoms with Gasteiger partial charge in [-0.2, -0.15) is 4.57 Å². The smallest absolute Gasteiger partial charge is 0.353 e. The van der Waals surface area contributed by atoms with Crippen molar-refractivity contribution in [2.45, 2.75) is 95.6 Å². The van der Waals surface area contributed by atoms with E-state index in [9.17, 15) is 58.8 Å². The van der Waals surface area contributed by atoms with Crippen LogP contribution in [0.4, 0.5) is 0 Å². The predicted molar refractivity (Wildman–Crippen MR) is 259 cm³/mol. The number of likely N-dealkylation sites (N-methyl/N-ethyl adjacent to an activating group) is 1. The molecule has 4 fully saturated rings. The number of nitrogens with two attached hydrogens (primary N) is 2. The van der Waals surface area contributed by atoms with Crippen molar-refractivity contribution in [3.63, 3.8) is 0 Å². The normalized spacial score (nSPS) is 27.4. The molecule has 0 saturated carbocycles. The zero-order valence-corrected chi connectivity index (χ0v) is 42.0. The van der Waals surface area contributed by atoms with Crippen LogP contribution in [-0.4, -0.2) is 177 Å². The highest BCUT2D eigenvalue weighted by molar-refractivity contribution is 8.03. The first-order valence-corrected chi connectivity index (χ1v) is 25.2. The first-order chi connectivity index (χ1) is 34.0. The number of aliphatic hydroxyl groups is 2. The minimum atomic E-state index is -1.21. The number of carboxylic acid groups (broad SMARTS) is 2. The van der Waals surface area contributed by atoms with Crippen molar-refractivity contribution < 1.29 is 63.3 Å². The first kappa shape index (κ1) is 51.8. The van der Waals surface area contributed by atoms with Gasteiger partial charge in [-0.15, -0.1) is 23.1 Å². The maximum Gasteiger partial charge on any atom is 0.353 e. The Labute approximate surface area is 421 Å². The fourth-order valence-electron chi connectivity index (χ4n) is 11.0. The second-order valence-corrected chi connectivity index (χ2v) is 21.7. The number of aromatic nitrogens is 3. The van der Waals surface area contributed by atoms with E-state index < -0.39 is 47.9 Å².